The highest BCUT2D eigenvalue weighted by atomic mass is 79.9. The summed E-state index contributed by atoms with van der Waals surface area (Å²) in [5, 5.41) is 33.7. The standard InChI is InChI=1S/C41H34BrN11S/c1-25-10-18-32(19-11-25)51-27(3)38(44-48-51)36-24-54-41(43-36)53-37(22-35(46-53)29-14-16-30(42)17-15-29)34-23-50(31-8-6-5-7-9-31)47-40(34)39-28(4)52(49-45-39)33-20-12-26(2)13-21-33/h5-21,23-24,37H,22H2,1-4H3. The van der Waals surface area contributed by atoms with Crippen LogP contribution in [0.3, 0.4) is 0 Å². The van der Waals surface area contributed by atoms with Gasteiger partial charge < -0.3 is 0 Å². The second kappa shape index (κ2) is 13.7. The lowest BCUT2D eigenvalue weighted by Gasteiger charge is -2.20. The van der Waals surface area contributed by atoms with Crippen molar-refractivity contribution in [2.75, 3.05) is 5.01 Å². The Morgan fingerprint density at radius 3 is 1.93 bits per heavy atom. The van der Waals surface area contributed by atoms with Gasteiger partial charge in [0.15, 0.2) is 0 Å². The van der Waals surface area contributed by atoms with Crippen LogP contribution in [0, 0.1) is 27.7 Å². The molecule has 1 aliphatic rings. The van der Waals surface area contributed by atoms with Gasteiger partial charge in [-0.3, -0.25) is 0 Å². The molecule has 1 aliphatic heterocycles. The van der Waals surface area contributed by atoms with Crippen molar-refractivity contribution in [2.45, 2.75) is 40.2 Å². The second-order valence-corrected chi connectivity index (χ2v) is 15.1. The highest BCUT2D eigenvalue weighted by Crippen LogP contribution is 2.43. The Kier molecular flexibility index (Phi) is 8.59. The molecule has 0 fully saturated rings. The molecule has 0 amide bonds. The molecule has 4 aromatic heterocycles. The summed E-state index contributed by atoms with van der Waals surface area (Å²) in [7, 11) is 0. The van der Waals surface area contributed by atoms with Crippen LogP contribution in [-0.4, -0.2) is 50.5 Å². The van der Waals surface area contributed by atoms with Crippen molar-refractivity contribution in [1.82, 2.24) is 44.8 Å². The molecule has 0 N–H and O–H groups in total. The summed E-state index contributed by atoms with van der Waals surface area (Å²) in [6.07, 6.45) is 2.72. The number of aryl methyl sites for hydroxylation is 2. The Bertz CT molecular complexity index is 2630. The van der Waals surface area contributed by atoms with Crippen molar-refractivity contribution >= 4 is 38.1 Å². The molecule has 1 unspecified atom stereocenters. The van der Waals surface area contributed by atoms with E-state index in [2.05, 4.69) is 112 Å². The zero-order valence-electron chi connectivity index (χ0n) is 30.0. The van der Waals surface area contributed by atoms with E-state index in [1.165, 1.54) is 22.5 Å². The minimum Gasteiger partial charge on any atom is -0.240 e. The topological polar surface area (TPSA) is 108 Å². The second-order valence-electron chi connectivity index (χ2n) is 13.4. The molecule has 1 atom stereocenters. The minimum absolute atomic E-state index is 0.247. The van der Waals surface area contributed by atoms with Gasteiger partial charge in [0.1, 0.15) is 22.8 Å². The summed E-state index contributed by atoms with van der Waals surface area (Å²) in [6.45, 7) is 8.20. The number of rotatable bonds is 8. The molecule has 0 spiro atoms. The molecule has 0 bridgehead atoms. The van der Waals surface area contributed by atoms with Crippen LogP contribution in [-0.2, 0) is 0 Å². The van der Waals surface area contributed by atoms with Crippen LogP contribution in [0.5, 0.6) is 0 Å². The van der Waals surface area contributed by atoms with Gasteiger partial charge in [-0.2, -0.15) is 10.2 Å². The minimum atomic E-state index is -0.247. The first-order valence-electron chi connectivity index (χ1n) is 17.5. The Balaban J connectivity index is 1.16. The van der Waals surface area contributed by atoms with Crippen molar-refractivity contribution in [1.29, 1.82) is 0 Å². The van der Waals surface area contributed by atoms with E-state index in [4.69, 9.17) is 20.3 Å². The van der Waals surface area contributed by atoms with Gasteiger partial charge in [-0.15, -0.1) is 21.5 Å². The molecule has 266 valence electrons. The van der Waals surface area contributed by atoms with E-state index in [1.807, 2.05) is 80.7 Å². The van der Waals surface area contributed by atoms with E-state index in [9.17, 15) is 0 Å². The third kappa shape index (κ3) is 6.14. The molecule has 54 heavy (non-hydrogen) atoms. The molecule has 9 rings (SSSR count). The maximum absolute atomic E-state index is 5.27. The Labute approximate surface area is 324 Å². The van der Waals surface area contributed by atoms with Crippen molar-refractivity contribution < 1.29 is 0 Å². The predicted octanol–water partition coefficient (Wildman–Crippen LogP) is 9.18. The molecule has 0 saturated carbocycles. The monoisotopic (exact) mass is 791 g/mol. The Morgan fingerprint density at radius 2 is 1.28 bits per heavy atom. The fourth-order valence-electron chi connectivity index (χ4n) is 6.73. The lowest BCUT2D eigenvalue weighted by Crippen LogP contribution is -2.19. The van der Waals surface area contributed by atoms with Gasteiger partial charge >= 0.3 is 0 Å². The summed E-state index contributed by atoms with van der Waals surface area (Å²) in [5.74, 6) is 0. The molecular weight excluding hydrogens is 758 g/mol. The largest absolute Gasteiger partial charge is 0.240 e. The van der Waals surface area contributed by atoms with Crippen LogP contribution < -0.4 is 5.01 Å². The molecule has 0 saturated heterocycles. The van der Waals surface area contributed by atoms with E-state index in [1.54, 1.807) is 0 Å². The zero-order valence-corrected chi connectivity index (χ0v) is 32.4. The number of hydrogen-bond donors (Lipinski definition) is 0. The molecule has 11 nitrogen and oxygen atoms in total. The molecule has 5 heterocycles. The summed E-state index contributed by atoms with van der Waals surface area (Å²) < 4.78 is 6.66. The SMILES string of the molecule is Cc1ccc(-n2nnc(-c3csc(N4N=C(c5ccc(Br)cc5)CC4c4cn(-c5ccccc5)nc4-c4nnn(-c5ccc(C)cc5)c4C)n3)c2C)cc1. The van der Waals surface area contributed by atoms with Gasteiger partial charge in [0.05, 0.1) is 40.2 Å². The first kappa shape index (κ1) is 33.8. The Hall–Kier alpha value is -6.05. The summed E-state index contributed by atoms with van der Waals surface area (Å²) in [5.41, 5.74) is 12.9. The van der Waals surface area contributed by atoms with E-state index in [0.29, 0.717) is 12.1 Å². The molecular formula is C41H34BrN11S. The summed E-state index contributed by atoms with van der Waals surface area (Å²) in [4.78, 5) is 5.15. The fourth-order valence-corrected chi connectivity index (χ4v) is 7.80. The third-order valence-corrected chi connectivity index (χ3v) is 11.1. The maximum atomic E-state index is 5.27. The van der Waals surface area contributed by atoms with Crippen LogP contribution in [0.15, 0.2) is 124 Å². The molecule has 8 aromatic rings. The van der Waals surface area contributed by atoms with Crippen LogP contribution in [0.2, 0.25) is 0 Å². The lowest BCUT2D eigenvalue weighted by atomic mass is 9.97. The van der Waals surface area contributed by atoms with E-state index in [0.717, 1.165) is 72.0 Å². The predicted molar refractivity (Wildman–Crippen MR) is 216 cm³/mol. The van der Waals surface area contributed by atoms with Crippen molar-refractivity contribution in [3.63, 3.8) is 0 Å². The summed E-state index contributed by atoms with van der Waals surface area (Å²) >= 11 is 5.12. The van der Waals surface area contributed by atoms with Gasteiger partial charge in [-0.05, 0) is 81.8 Å². The third-order valence-electron chi connectivity index (χ3n) is 9.71. The average Bonchev–Trinajstić information content (AvgIpc) is 4.03. The number of hydrazone groups is 1. The molecule has 0 radical (unpaired) electrons. The first-order valence-corrected chi connectivity index (χ1v) is 19.2. The smallest absolute Gasteiger partial charge is 0.207 e. The van der Waals surface area contributed by atoms with E-state index in [-0.39, 0.29) is 6.04 Å². The van der Waals surface area contributed by atoms with Crippen LogP contribution >= 0.6 is 27.3 Å². The number of halogens is 1. The highest BCUT2D eigenvalue weighted by molar-refractivity contribution is 9.10. The van der Waals surface area contributed by atoms with Gasteiger partial charge in [0.25, 0.3) is 0 Å². The van der Waals surface area contributed by atoms with Crippen molar-refractivity contribution in [3.05, 3.63) is 153 Å². The number of nitrogens with zero attached hydrogens (tertiary/aromatic N) is 11. The number of para-hydroxylation sites is 1. The van der Waals surface area contributed by atoms with Crippen LogP contribution in [0.4, 0.5) is 5.13 Å². The van der Waals surface area contributed by atoms with E-state index >= 15 is 0 Å². The fraction of sp³-hybridized carbons (Fsp3) is 0.146. The molecule has 0 aliphatic carbocycles. The lowest BCUT2D eigenvalue weighted by molar-refractivity contribution is 0.707. The van der Waals surface area contributed by atoms with Gasteiger partial charge in [-0.1, -0.05) is 92.1 Å². The highest BCUT2D eigenvalue weighted by Gasteiger charge is 2.36. The maximum Gasteiger partial charge on any atom is 0.207 e. The van der Waals surface area contributed by atoms with Crippen LogP contribution in [0.25, 0.3) is 39.8 Å². The average molecular weight is 793 g/mol. The number of hydrogen-bond acceptors (Lipinski definition) is 9. The quantitative estimate of drug-likeness (QED) is 0.151. The number of anilines is 1. The number of aromatic nitrogens is 9. The summed E-state index contributed by atoms with van der Waals surface area (Å²) in [6, 6.07) is 34.7. The first-order chi connectivity index (χ1) is 26.3. The van der Waals surface area contributed by atoms with Gasteiger partial charge in [0.2, 0.25) is 5.13 Å². The van der Waals surface area contributed by atoms with Crippen molar-refractivity contribution in [2.24, 2.45) is 5.10 Å². The normalized spacial score (nSPS) is 14.2. The van der Waals surface area contributed by atoms with Gasteiger partial charge in [0, 0.05) is 28.0 Å². The Morgan fingerprint density at radius 1 is 0.667 bits per heavy atom. The number of thiazole rings is 1. The van der Waals surface area contributed by atoms with E-state index < -0.39 is 0 Å². The number of benzene rings is 4. The molecule has 13 heteroatoms. The van der Waals surface area contributed by atoms with Gasteiger partial charge in [-0.25, -0.2) is 24.0 Å². The van der Waals surface area contributed by atoms with Crippen LogP contribution in [0.1, 0.15) is 46.1 Å². The van der Waals surface area contributed by atoms with Crippen molar-refractivity contribution in [3.8, 4) is 39.8 Å². The molecule has 4 aromatic carbocycles. The zero-order chi connectivity index (χ0) is 36.9.